The molecule has 1 fully saturated rings. The van der Waals surface area contributed by atoms with Crippen molar-refractivity contribution >= 4 is 17.7 Å². The van der Waals surface area contributed by atoms with E-state index in [0.717, 1.165) is 46.4 Å². The van der Waals surface area contributed by atoms with Crippen LogP contribution in [-0.2, 0) is 5.75 Å². The molecule has 0 aliphatic heterocycles. The van der Waals surface area contributed by atoms with Crippen LogP contribution in [0.2, 0.25) is 0 Å². The Morgan fingerprint density at radius 3 is 2.65 bits per heavy atom. The topological polar surface area (TPSA) is 51.2 Å². The molecule has 1 aliphatic carbocycles. The standard InChI is InChI=1S/C21H26N2O2S/c1-15-7-9-16(10-8-15)23-21(24)19-5-3-4-6-20(19)26-14-17-11-12-18(25-2)13-22-17/h3-6,11-13,15-16H,7-10,14H2,1-2H3,(H,23,24). The van der Waals surface area contributed by atoms with Crippen LogP contribution in [0.5, 0.6) is 5.75 Å². The van der Waals surface area contributed by atoms with Crippen LogP contribution in [0.3, 0.4) is 0 Å². The second-order valence-corrected chi connectivity index (χ2v) is 7.92. The van der Waals surface area contributed by atoms with Gasteiger partial charge in [-0.1, -0.05) is 19.1 Å². The van der Waals surface area contributed by atoms with Crippen molar-refractivity contribution in [1.29, 1.82) is 0 Å². The Hall–Kier alpha value is -2.01. The van der Waals surface area contributed by atoms with Crippen molar-refractivity contribution in [2.75, 3.05) is 7.11 Å². The van der Waals surface area contributed by atoms with E-state index in [1.54, 1.807) is 25.1 Å². The first-order valence-corrected chi connectivity index (χ1v) is 10.2. The average Bonchev–Trinajstić information content (AvgIpc) is 2.68. The van der Waals surface area contributed by atoms with Crippen molar-refractivity contribution in [3.8, 4) is 5.75 Å². The highest BCUT2D eigenvalue weighted by Gasteiger charge is 2.21. The molecule has 1 N–H and O–H groups in total. The first kappa shape index (κ1) is 18.8. The number of benzene rings is 1. The number of methoxy groups -OCH3 is 1. The minimum atomic E-state index is 0.0374. The molecule has 1 aliphatic rings. The van der Waals surface area contributed by atoms with E-state index in [-0.39, 0.29) is 5.91 Å². The van der Waals surface area contributed by atoms with E-state index in [2.05, 4.69) is 17.2 Å². The third-order valence-electron chi connectivity index (χ3n) is 4.89. The van der Waals surface area contributed by atoms with Crippen molar-refractivity contribution in [3.05, 3.63) is 53.9 Å². The number of carbonyl (C=O) groups excluding carboxylic acids is 1. The van der Waals surface area contributed by atoms with Gasteiger partial charge in [0, 0.05) is 16.7 Å². The number of hydrogen-bond acceptors (Lipinski definition) is 4. The summed E-state index contributed by atoms with van der Waals surface area (Å²) in [5, 5.41) is 3.22. The summed E-state index contributed by atoms with van der Waals surface area (Å²) in [5.41, 5.74) is 1.72. The number of carbonyl (C=O) groups is 1. The predicted octanol–water partition coefficient (Wildman–Crippen LogP) is 4.69. The maximum absolute atomic E-state index is 12.8. The summed E-state index contributed by atoms with van der Waals surface area (Å²) in [6, 6.07) is 12.0. The van der Waals surface area contributed by atoms with Crippen LogP contribution < -0.4 is 10.1 Å². The molecule has 138 valence electrons. The number of nitrogens with one attached hydrogen (secondary N) is 1. The SMILES string of the molecule is COc1ccc(CSc2ccccc2C(=O)NC2CCC(C)CC2)nc1. The number of nitrogens with zero attached hydrogens (tertiary/aromatic N) is 1. The third-order valence-corrected chi connectivity index (χ3v) is 6.00. The van der Waals surface area contributed by atoms with E-state index in [9.17, 15) is 4.79 Å². The monoisotopic (exact) mass is 370 g/mol. The zero-order valence-electron chi connectivity index (χ0n) is 15.4. The number of hydrogen-bond donors (Lipinski definition) is 1. The zero-order chi connectivity index (χ0) is 18.4. The van der Waals surface area contributed by atoms with Gasteiger partial charge in [0.25, 0.3) is 5.91 Å². The number of amides is 1. The highest BCUT2D eigenvalue weighted by atomic mass is 32.2. The molecule has 26 heavy (non-hydrogen) atoms. The number of ether oxygens (including phenoxy) is 1. The van der Waals surface area contributed by atoms with Gasteiger partial charge in [-0.2, -0.15) is 0 Å². The molecule has 2 aromatic rings. The summed E-state index contributed by atoms with van der Waals surface area (Å²) in [6.45, 7) is 2.29. The Balaban J connectivity index is 1.62. The fourth-order valence-electron chi connectivity index (χ4n) is 3.22. The summed E-state index contributed by atoms with van der Waals surface area (Å²) < 4.78 is 5.14. The van der Waals surface area contributed by atoms with Gasteiger partial charge in [0.1, 0.15) is 5.75 Å². The number of pyridine rings is 1. The minimum Gasteiger partial charge on any atom is -0.495 e. The molecule has 1 heterocycles. The second kappa shape index (κ2) is 9.08. The highest BCUT2D eigenvalue weighted by Crippen LogP contribution is 2.27. The van der Waals surface area contributed by atoms with Crippen LogP contribution in [0.15, 0.2) is 47.5 Å². The lowest BCUT2D eigenvalue weighted by molar-refractivity contribution is 0.0920. The van der Waals surface area contributed by atoms with Crippen LogP contribution >= 0.6 is 11.8 Å². The molecule has 3 rings (SSSR count). The normalized spacial score (nSPS) is 19.8. The summed E-state index contributed by atoms with van der Waals surface area (Å²) in [7, 11) is 1.63. The van der Waals surface area contributed by atoms with E-state index in [1.807, 2.05) is 36.4 Å². The molecule has 0 radical (unpaired) electrons. The minimum absolute atomic E-state index is 0.0374. The van der Waals surface area contributed by atoms with E-state index >= 15 is 0 Å². The van der Waals surface area contributed by atoms with Crippen LogP contribution in [0.1, 0.15) is 48.7 Å². The Bertz CT molecular complexity index is 725. The summed E-state index contributed by atoms with van der Waals surface area (Å²) in [4.78, 5) is 18.1. The van der Waals surface area contributed by atoms with Gasteiger partial charge in [0.2, 0.25) is 0 Å². The van der Waals surface area contributed by atoms with Crippen LogP contribution in [0.25, 0.3) is 0 Å². The largest absolute Gasteiger partial charge is 0.495 e. The van der Waals surface area contributed by atoms with E-state index in [4.69, 9.17) is 4.74 Å². The first-order chi connectivity index (χ1) is 12.7. The van der Waals surface area contributed by atoms with Crippen molar-refractivity contribution in [2.45, 2.75) is 49.3 Å². The smallest absolute Gasteiger partial charge is 0.252 e. The lowest BCUT2D eigenvalue weighted by Crippen LogP contribution is -2.37. The maximum atomic E-state index is 12.8. The van der Waals surface area contributed by atoms with Crippen molar-refractivity contribution in [2.24, 2.45) is 5.92 Å². The fourth-order valence-corrected chi connectivity index (χ4v) is 4.18. The summed E-state index contributed by atoms with van der Waals surface area (Å²) in [5.74, 6) is 2.29. The predicted molar refractivity (Wildman–Crippen MR) is 106 cm³/mol. The van der Waals surface area contributed by atoms with Gasteiger partial charge in [-0.05, 0) is 55.9 Å². The molecule has 0 saturated heterocycles. The number of aromatic nitrogens is 1. The molecule has 0 spiro atoms. The summed E-state index contributed by atoms with van der Waals surface area (Å²) >= 11 is 1.64. The van der Waals surface area contributed by atoms with Crippen molar-refractivity contribution in [1.82, 2.24) is 10.3 Å². The Morgan fingerprint density at radius 2 is 1.96 bits per heavy atom. The summed E-state index contributed by atoms with van der Waals surface area (Å²) in [6.07, 6.45) is 6.28. The molecule has 1 aromatic carbocycles. The van der Waals surface area contributed by atoms with Gasteiger partial charge in [0.05, 0.1) is 24.6 Å². The van der Waals surface area contributed by atoms with E-state index in [1.165, 1.54) is 12.8 Å². The second-order valence-electron chi connectivity index (χ2n) is 6.90. The number of thioether (sulfide) groups is 1. The highest BCUT2D eigenvalue weighted by molar-refractivity contribution is 7.98. The van der Waals surface area contributed by atoms with E-state index in [0.29, 0.717) is 6.04 Å². The van der Waals surface area contributed by atoms with Gasteiger partial charge in [-0.3, -0.25) is 9.78 Å². The van der Waals surface area contributed by atoms with Gasteiger partial charge in [-0.15, -0.1) is 11.8 Å². The molecule has 0 bridgehead atoms. The average molecular weight is 371 g/mol. The first-order valence-electron chi connectivity index (χ1n) is 9.17. The van der Waals surface area contributed by atoms with Gasteiger partial charge >= 0.3 is 0 Å². The Morgan fingerprint density at radius 1 is 1.19 bits per heavy atom. The van der Waals surface area contributed by atoms with E-state index < -0.39 is 0 Å². The van der Waals surface area contributed by atoms with Crippen LogP contribution in [-0.4, -0.2) is 24.0 Å². The third kappa shape index (κ3) is 5.01. The number of rotatable bonds is 6. The van der Waals surface area contributed by atoms with Crippen molar-refractivity contribution < 1.29 is 9.53 Å². The molecular weight excluding hydrogens is 344 g/mol. The molecule has 1 aromatic heterocycles. The Kier molecular flexibility index (Phi) is 6.56. The maximum Gasteiger partial charge on any atom is 0.252 e. The molecule has 0 unspecified atom stereocenters. The van der Waals surface area contributed by atoms with Gasteiger partial charge in [0.15, 0.2) is 0 Å². The molecule has 0 atom stereocenters. The quantitative estimate of drug-likeness (QED) is 0.750. The van der Waals surface area contributed by atoms with Crippen LogP contribution in [0, 0.1) is 5.92 Å². The fraction of sp³-hybridized carbons (Fsp3) is 0.429. The van der Waals surface area contributed by atoms with Crippen molar-refractivity contribution in [3.63, 3.8) is 0 Å². The molecular formula is C21H26N2O2S. The molecule has 5 heteroatoms. The molecule has 1 amide bonds. The molecule has 4 nitrogen and oxygen atoms in total. The molecule has 1 saturated carbocycles. The lowest BCUT2D eigenvalue weighted by atomic mass is 9.87. The van der Waals surface area contributed by atoms with Gasteiger partial charge in [-0.25, -0.2) is 0 Å². The van der Waals surface area contributed by atoms with Gasteiger partial charge < -0.3 is 10.1 Å². The van der Waals surface area contributed by atoms with Crippen LogP contribution in [0.4, 0.5) is 0 Å². The lowest BCUT2D eigenvalue weighted by Gasteiger charge is -2.27. The Labute approximate surface area is 159 Å². The zero-order valence-corrected chi connectivity index (χ0v) is 16.2.